The Morgan fingerprint density at radius 2 is 1.92 bits per heavy atom. The fraction of sp³-hybridized carbons (Fsp3) is 0.138. The molecule has 9 nitrogen and oxygen atoms in total. The second kappa shape index (κ2) is 9.64. The van der Waals surface area contributed by atoms with E-state index in [1.165, 1.54) is 12.1 Å². The molecule has 0 unspecified atom stereocenters. The number of benzene rings is 2. The average molecular weight is 522 g/mol. The van der Waals surface area contributed by atoms with E-state index < -0.39 is 5.82 Å². The number of amides is 1. The number of halogens is 1. The Bertz CT molecular complexity index is 1840. The minimum Gasteiger partial charge on any atom is -0.508 e. The van der Waals surface area contributed by atoms with Crippen LogP contribution in [0.5, 0.6) is 5.75 Å². The molecule has 6 aromatic rings. The van der Waals surface area contributed by atoms with Crippen molar-refractivity contribution in [1.82, 2.24) is 30.1 Å². The number of imidazole rings is 1. The van der Waals surface area contributed by atoms with Gasteiger partial charge in [0.1, 0.15) is 17.3 Å². The predicted octanol–water partition coefficient (Wildman–Crippen LogP) is 6.06. The second-order valence-corrected chi connectivity index (χ2v) is 9.78. The van der Waals surface area contributed by atoms with Crippen molar-refractivity contribution in [2.45, 2.75) is 20.3 Å². The molecule has 4 heterocycles. The van der Waals surface area contributed by atoms with E-state index in [2.05, 4.69) is 35.5 Å². The van der Waals surface area contributed by atoms with Gasteiger partial charge in [-0.1, -0.05) is 19.9 Å². The predicted molar refractivity (Wildman–Crippen MR) is 147 cm³/mol. The maximum Gasteiger partial charge on any atom is 0.224 e. The fourth-order valence-electron chi connectivity index (χ4n) is 4.62. The summed E-state index contributed by atoms with van der Waals surface area (Å²) < 4.78 is 14.0. The van der Waals surface area contributed by atoms with Crippen molar-refractivity contribution in [2.24, 2.45) is 5.92 Å². The van der Waals surface area contributed by atoms with Crippen LogP contribution < -0.4 is 5.32 Å². The lowest BCUT2D eigenvalue weighted by molar-refractivity contribution is -0.116. The Hall–Kier alpha value is -5.12. The van der Waals surface area contributed by atoms with E-state index in [1.54, 1.807) is 24.7 Å². The van der Waals surface area contributed by atoms with Crippen molar-refractivity contribution in [3.8, 4) is 39.5 Å². The number of phenolic OH excluding ortho intramolecular Hbond substituents is 1. The molecule has 6 rings (SSSR count). The molecule has 0 radical (unpaired) electrons. The lowest BCUT2D eigenvalue weighted by Crippen LogP contribution is -2.13. The number of aromatic nitrogens is 6. The lowest BCUT2D eigenvalue weighted by atomic mass is 10.0. The summed E-state index contributed by atoms with van der Waals surface area (Å²) in [6.45, 7) is 3.99. The number of aromatic hydroxyl groups is 1. The standard InChI is InChI=1S/C29H24FN7O2/c1-15(2)7-25(39)33-20-9-18(13-31-14-20)16-3-4-24-23(11-16)27(37-36-24)29-34-26-22(5-6-32-28(26)35-29)17-8-19(30)12-21(38)10-17/h3-6,8-15,38H,7H2,1-2H3,(H,33,39)(H,36,37)(H,32,34,35). The van der Waals surface area contributed by atoms with Crippen molar-refractivity contribution >= 4 is 33.7 Å². The number of pyridine rings is 2. The first-order chi connectivity index (χ1) is 18.8. The summed E-state index contributed by atoms with van der Waals surface area (Å²) in [5.41, 5.74) is 5.94. The number of carbonyl (C=O) groups excluding carboxylic acids is 1. The monoisotopic (exact) mass is 521 g/mol. The van der Waals surface area contributed by atoms with Gasteiger partial charge >= 0.3 is 0 Å². The van der Waals surface area contributed by atoms with Gasteiger partial charge in [0.2, 0.25) is 5.91 Å². The van der Waals surface area contributed by atoms with E-state index in [1.807, 2.05) is 38.1 Å². The molecule has 0 aliphatic carbocycles. The molecule has 0 aliphatic rings. The first-order valence-electron chi connectivity index (χ1n) is 12.4. The summed E-state index contributed by atoms with van der Waals surface area (Å²) >= 11 is 0. The molecule has 0 aliphatic heterocycles. The summed E-state index contributed by atoms with van der Waals surface area (Å²) in [4.78, 5) is 28.8. The van der Waals surface area contributed by atoms with Gasteiger partial charge in [0.15, 0.2) is 11.5 Å². The molecule has 194 valence electrons. The second-order valence-electron chi connectivity index (χ2n) is 9.78. The first-order valence-corrected chi connectivity index (χ1v) is 12.4. The molecule has 0 spiro atoms. The number of rotatable bonds is 6. The van der Waals surface area contributed by atoms with Crippen LogP contribution in [0.15, 0.2) is 67.1 Å². The molecule has 0 saturated carbocycles. The molecule has 10 heteroatoms. The summed E-state index contributed by atoms with van der Waals surface area (Å²) in [6.07, 6.45) is 5.39. The highest BCUT2D eigenvalue weighted by Gasteiger charge is 2.17. The summed E-state index contributed by atoms with van der Waals surface area (Å²) in [5, 5.41) is 21.2. The van der Waals surface area contributed by atoms with Crippen molar-refractivity contribution in [3.63, 3.8) is 0 Å². The maximum atomic E-state index is 14.0. The van der Waals surface area contributed by atoms with E-state index in [0.29, 0.717) is 45.9 Å². The third kappa shape index (κ3) is 4.79. The van der Waals surface area contributed by atoms with E-state index in [9.17, 15) is 14.3 Å². The number of H-pyrrole nitrogens is 2. The van der Waals surface area contributed by atoms with Crippen molar-refractivity contribution < 1.29 is 14.3 Å². The Balaban J connectivity index is 1.39. The number of aromatic amines is 2. The maximum absolute atomic E-state index is 14.0. The number of hydrogen-bond donors (Lipinski definition) is 4. The molecule has 2 aromatic carbocycles. The van der Waals surface area contributed by atoms with Gasteiger partial charge in [0, 0.05) is 41.4 Å². The number of carbonyl (C=O) groups is 1. The molecule has 0 bridgehead atoms. The minimum atomic E-state index is -0.543. The Morgan fingerprint density at radius 3 is 2.74 bits per heavy atom. The highest BCUT2D eigenvalue weighted by molar-refractivity contribution is 5.98. The van der Waals surface area contributed by atoms with E-state index in [-0.39, 0.29) is 17.6 Å². The van der Waals surface area contributed by atoms with Gasteiger partial charge in [0.25, 0.3) is 0 Å². The summed E-state index contributed by atoms with van der Waals surface area (Å²) in [6, 6.07) is 13.4. The van der Waals surface area contributed by atoms with E-state index in [4.69, 9.17) is 0 Å². The Morgan fingerprint density at radius 1 is 1.05 bits per heavy atom. The Labute approximate surface area is 222 Å². The molecular formula is C29H24FN7O2. The number of nitrogens with one attached hydrogen (secondary N) is 3. The normalized spacial score (nSPS) is 11.5. The van der Waals surface area contributed by atoms with Crippen LogP contribution in [0.4, 0.5) is 10.1 Å². The van der Waals surface area contributed by atoms with E-state index >= 15 is 0 Å². The van der Waals surface area contributed by atoms with Gasteiger partial charge in [-0.15, -0.1) is 0 Å². The van der Waals surface area contributed by atoms with Gasteiger partial charge in [-0.2, -0.15) is 5.10 Å². The molecule has 39 heavy (non-hydrogen) atoms. The van der Waals surface area contributed by atoms with Crippen LogP contribution in [-0.4, -0.2) is 41.1 Å². The molecule has 0 saturated heterocycles. The molecule has 4 aromatic heterocycles. The van der Waals surface area contributed by atoms with E-state index in [0.717, 1.165) is 28.1 Å². The number of phenols is 1. The average Bonchev–Trinajstić information content (AvgIpc) is 3.51. The largest absolute Gasteiger partial charge is 0.508 e. The molecule has 0 atom stereocenters. The van der Waals surface area contributed by atoms with Gasteiger partial charge < -0.3 is 15.4 Å². The van der Waals surface area contributed by atoms with Crippen molar-refractivity contribution in [3.05, 3.63) is 72.9 Å². The van der Waals surface area contributed by atoms with Crippen LogP contribution in [0, 0.1) is 11.7 Å². The molecule has 0 fully saturated rings. The highest BCUT2D eigenvalue weighted by atomic mass is 19.1. The number of fused-ring (bicyclic) bond motifs is 2. The van der Waals surface area contributed by atoms with Crippen LogP contribution in [0.2, 0.25) is 0 Å². The van der Waals surface area contributed by atoms with Crippen LogP contribution in [0.25, 0.3) is 55.8 Å². The number of anilines is 1. The Kier molecular flexibility index (Phi) is 5.99. The van der Waals surface area contributed by atoms with Gasteiger partial charge in [0.05, 0.1) is 22.9 Å². The van der Waals surface area contributed by atoms with Gasteiger partial charge in [-0.05, 0) is 53.4 Å². The SMILES string of the molecule is CC(C)CC(=O)Nc1cncc(-c2ccc3[nH]nc(-c4nc5nccc(-c6cc(O)cc(F)c6)c5[nH]4)c3c2)c1. The molecule has 4 N–H and O–H groups in total. The quantitative estimate of drug-likeness (QED) is 0.211. The first kappa shape index (κ1) is 24.2. The fourth-order valence-corrected chi connectivity index (χ4v) is 4.62. The van der Waals surface area contributed by atoms with Crippen LogP contribution in [-0.2, 0) is 4.79 Å². The van der Waals surface area contributed by atoms with Gasteiger partial charge in [-0.25, -0.2) is 14.4 Å². The van der Waals surface area contributed by atoms with Crippen LogP contribution in [0.1, 0.15) is 20.3 Å². The van der Waals surface area contributed by atoms with Gasteiger partial charge in [-0.3, -0.25) is 14.9 Å². The zero-order chi connectivity index (χ0) is 27.1. The topological polar surface area (TPSA) is 132 Å². The van der Waals surface area contributed by atoms with Crippen LogP contribution >= 0.6 is 0 Å². The third-order valence-corrected chi connectivity index (χ3v) is 6.32. The molecule has 1 amide bonds. The number of nitrogens with zero attached hydrogens (tertiary/aromatic N) is 4. The minimum absolute atomic E-state index is 0.0529. The van der Waals surface area contributed by atoms with Crippen molar-refractivity contribution in [1.29, 1.82) is 0 Å². The lowest BCUT2D eigenvalue weighted by Gasteiger charge is -2.09. The molecular weight excluding hydrogens is 497 g/mol. The summed E-state index contributed by atoms with van der Waals surface area (Å²) in [7, 11) is 0. The van der Waals surface area contributed by atoms with Crippen molar-refractivity contribution in [2.75, 3.05) is 5.32 Å². The van der Waals surface area contributed by atoms with Crippen LogP contribution in [0.3, 0.4) is 0 Å². The summed E-state index contributed by atoms with van der Waals surface area (Å²) in [5.74, 6) is -0.0182. The zero-order valence-electron chi connectivity index (χ0n) is 21.2. The zero-order valence-corrected chi connectivity index (χ0v) is 21.2. The third-order valence-electron chi connectivity index (χ3n) is 6.32. The number of hydrogen-bond acceptors (Lipinski definition) is 6. The smallest absolute Gasteiger partial charge is 0.224 e. The highest BCUT2D eigenvalue weighted by Crippen LogP contribution is 2.34.